The Morgan fingerprint density at radius 2 is 1.64 bits per heavy atom. The molecule has 0 heterocycles. The third-order valence-corrected chi connectivity index (χ3v) is 4.38. The lowest BCUT2D eigenvalue weighted by atomic mass is 9.80. The quantitative estimate of drug-likeness (QED) is 0.656. The molecule has 3 heteroatoms. The van der Waals surface area contributed by atoms with E-state index in [4.69, 9.17) is 5.73 Å². The fourth-order valence-electron chi connectivity index (χ4n) is 2.88. The molecule has 0 radical (unpaired) electrons. The molecular formula is C19H24N2O. The fraction of sp³-hybridized carbons (Fsp3) is 0.316. The number of hydrogen-bond donors (Lipinski definition) is 1. The van der Waals surface area contributed by atoms with Gasteiger partial charge in [0.05, 0.1) is 5.54 Å². The zero-order chi connectivity index (χ0) is 16.2. The summed E-state index contributed by atoms with van der Waals surface area (Å²) in [7, 11) is 3.95. The van der Waals surface area contributed by atoms with E-state index < -0.39 is 5.54 Å². The van der Waals surface area contributed by atoms with Crippen molar-refractivity contribution in [2.75, 3.05) is 19.8 Å². The summed E-state index contributed by atoms with van der Waals surface area (Å²) in [6.07, 6.45) is 1.44. The molecule has 3 nitrogen and oxygen atoms in total. The van der Waals surface area contributed by atoms with Crippen LogP contribution in [0.25, 0.3) is 0 Å². The minimum Gasteiger partial charge on any atom is -0.399 e. The first-order valence-corrected chi connectivity index (χ1v) is 7.61. The van der Waals surface area contributed by atoms with Crippen LogP contribution >= 0.6 is 0 Å². The summed E-state index contributed by atoms with van der Waals surface area (Å²) in [5, 5.41) is 0. The van der Waals surface area contributed by atoms with E-state index in [1.54, 1.807) is 12.1 Å². The lowest BCUT2D eigenvalue weighted by Gasteiger charge is -2.38. The second-order valence-corrected chi connectivity index (χ2v) is 5.89. The molecule has 0 amide bonds. The molecule has 0 fully saturated rings. The zero-order valence-corrected chi connectivity index (χ0v) is 13.5. The van der Waals surface area contributed by atoms with E-state index in [0.29, 0.717) is 17.7 Å². The highest BCUT2D eigenvalue weighted by molar-refractivity contribution is 6.03. The molecule has 2 aromatic carbocycles. The van der Waals surface area contributed by atoms with Crippen molar-refractivity contribution in [3.05, 3.63) is 65.7 Å². The summed E-state index contributed by atoms with van der Waals surface area (Å²) in [5.41, 5.74) is 7.74. The van der Waals surface area contributed by atoms with Gasteiger partial charge in [0.15, 0.2) is 5.78 Å². The molecule has 1 unspecified atom stereocenters. The molecule has 22 heavy (non-hydrogen) atoms. The summed E-state index contributed by atoms with van der Waals surface area (Å²) in [4.78, 5) is 15.2. The first kappa shape index (κ1) is 16.2. The first-order valence-electron chi connectivity index (χ1n) is 7.61. The number of anilines is 1. The van der Waals surface area contributed by atoms with Gasteiger partial charge >= 0.3 is 0 Å². The summed E-state index contributed by atoms with van der Waals surface area (Å²) in [6, 6.07) is 17.4. The SMILES string of the molecule is CCC(Cc1ccccc1)(C(=O)c1ccc(N)cc1)N(C)C. The fourth-order valence-corrected chi connectivity index (χ4v) is 2.88. The number of carbonyl (C=O) groups is 1. The van der Waals surface area contributed by atoms with Gasteiger partial charge in [0.1, 0.15) is 0 Å². The van der Waals surface area contributed by atoms with Gasteiger partial charge < -0.3 is 5.73 Å². The monoisotopic (exact) mass is 296 g/mol. The predicted molar refractivity (Wildman–Crippen MR) is 92.0 cm³/mol. The second kappa shape index (κ2) is 6.75. The third kappa shape index (κ3) is 3.20. The number of nitrogens with zero attached hydrogens (tertiary/aromatic N) is 1. The minimum atomic E-state index is -0.544. The van der Waals surface area contributed by atoms with Crippen molar-refractivity contribution in [1.82, 2.24) is 4.90 Å². The van der Waals surface area contributed by atoms with E-state index in [9.17, 15) is 4.79 Å². The Hall–Kier alpha value is -2.13. The zero-order valence-electron chi connectivity index (χ0n) is 13.5. The van der Waals surface area contributed by atoms with Crippen LogP contribution in [0.15, 0.2) is 54.6 Å². The molecule has 0 saturated heterocycles. The highest BCUT2D eigenvalue weighted by Crippen LogP contribution is 2.28. The molecule has 116 valence electrons. The maximum Gasteiger partial charge on any atom is 0.183 e. The number of rotatable bonds is 6. The van der Waals surface area contributed by atoms with Gasteiger partial charge in [-0.05, 0) is 56.8 Å². The summed E-state index contributed by atoms with van der Waals surface area (Å²) >= 11 is 0. The van der Waals surface area contributed by atoms with Gasteiger partial charge in [0.25, 0.3) is 0 Å². The molecule has 1 atom stereocenters. The van der Waals surface area contributed by atoms with E-state index in [0.717, 1.165) is 6.42 Å². The van der Waals surface area contributed by atoms with Crippen molar-refractivity contribution in [3.8, 4) is 0 Å². The highest BCUT2D eigenvalue weighted by atomic mass is 16.1. The van der Waals surface area contributed by atoms with Crippen LogP contribution in [-0.2, 0) is 6.42 Å². The Morgan fingerprint density at radius 1 is 1.05 bits per heavy atom. The Kier molecular flexibility index (Phi) is 4.99. The third-order valence-electron chi connectivity index (χ3n) is 4.38. The number of ketones is 1. The molecule has 2 N–H and O–H groups in total. The topological polar surface area (TPSA) is 46.3 Å². The van der Waals surface area contributed by atoms with Gasteiger partial charge in [-0.3, -0.25) is 9.69 Å². The van der Waals surface area contributed by atoms with Crippen molar-refractivity contribution >= 4 is 11.5 Å². The summed E-state index contributed by atoms with van der Waals surface area (Å²) in [5.74, 6) is 0.142. The Bertz CT molecular complexity index is 620. The van der Waals surface area contributed by atoms with Crippen molar-refractivity contribution in [2.24, 2.45) is 0 Å². The van der Waals surface area contributed by atoms with Gasteiger partial charge in [-0.25, -0.2) is 0 Å². The van der Waals surface area contributed by atoms with Crippen LogP contribution in [0.1, 0.15) is 29.3 Å². The molecule has 0 aliphatic rings. The number of nitrogens with two attached hydrogens (primary N) is 1. The maximum atomic E-state index is 13.2. The van der Waals surface area contributed by atoms with E-state index in [-0.39, 0.29) is 5.78 Å². The predicted octanol–water partition coefficient (Wildman–Crippen LogP) is 3.40. The molecule has 2 rings (SSSR count). The van der Waals surface area contributed by atoms with Gasteiger partial charge in [0.2, 0.25) is 0 Å². The minimum absolute atomic E-state index is 0.142. The Labute approximate surface area is 132 Å². The number of likely N-dealkylation sites (N-methyl/N-ethyl adjacent to an activating group) is 1. The van der Waals surface area contributed by atoms with Crippen LogP contribution in [-0.4, -0.2) is 30.3 Å². The molecule has 0 bridgehead atoms. The Morgan fingerprint density at radius 3 is 2.14 bits per heavy atom. The molecule has 0 aromatic heterocycles. The van der Waals surface area contributed by atoms with Gasteiger partial charge in [-0.15, -0.1) is 0 Å². The number of benzene rings is 2. The second-order valence-electron chi connectivity index (χ2n) is 5.89. The average molecular weight is 296 g/mol. The maximum absolute atomic E-state index is 13.2. The van der Waals surface area contributed by atoms with Crippen LogP contribution in [0.2, 0.25) is 0 Å². The van der Waals surface area contributed by atoms with Crippen LogP contribution in [0.5, 0.6) is 0 Å². The number of hydrogen-bond acceptors (Lipinski definition) is 3. The summed E-state index contributed by atoms with van der Waals surface area (Å²) in [6.45, 7) is 2.07. The van der Waals surface area contributed by atoms with Crippen molar-refractivity contribution < 1.29 is 4.79 Å². The van der Waals surface area contributed by atoms with Gasteiger partial charge in [-0.1, -0.05) is 37.3 Å². The van der Waals surface area contributed by atoms with Crippen LogP contribution in [0, 0.1) is 0 Å². The van der Waals surface area contributed by atoms with E-state index in [1.165, 1.54) is 5.56 Å². The smallest absolute Gasteiger partial charge is 0.183 e. The van der Waals surface area contributed by atoms with E-state index in [1.807, 2.05) is 49.3 Å². The largest absolute Gasteiger partial charge is 0.399 e. The standard InChI is InChI=1S/C19H24N2O/c1-4-19(21(2)3,14-15-8-6-5-7-9-15)18(22)16-10-12-17(20)13-11-16/h5-13H,4,14,20H2,1-3H3. The highest BCUT2D eigenvalue weighted by Gasteiger charge is 2.39. The van der Waals surface area contributed by atoms with E-state index in [2.05, 4.69) is 19.1 Å². The molecule has 0 aliphatic heterocycles. The number of carbonyl (C=O) groups excluding carboxylic acids is 1. The van der Waals surface area contributed by atoms with Crippen molar-refractivity contribution in [1.29, 1.82) is 0 Å². The van der Waals surface area contributed by atoms with Crippen LogP contribution < -0.4 is 5.73 Å². The Balaban J connectivity index is 2.40. The molecular weight excluding hydrogens is 272 g/mol. The van der Waals surface area contributed by atoms with Gasteiger partial charge in [-0.2, -0.15) is 0 Å². The number of Topliss-reactive ketones (excluding diaryl/α,β-unsaturated/α-hetero) is 1. The molecule has 0 aliphatic carbocycles. The molecule has 0 saturated carbocycles. The lowest BCUT2D eigenvalue weighted by molar-refractivity contribution is 0.0666. The van der Waals surface area contributed by atoms with Crippen molar-refractivity contribution in [2.45, 2.75) is 25.3 Å². The molecule has 0 spiro atoms. The average Bonchev–Trinajstić information content (AvgIpc) is 2.53. The number of nitrogen functional groups attached to an aromatic ring is 1. The summed E-state index contributed by atoms with van der Waals surface area (Å²) < 4.78 is 0. The molecule has 2 aromatic rings. The normalized spacial score (nSPS) is 13.8. The first-order chi connectivity index (χ1) is 10.5. The van der Waals surface area contributed by atoms with E-state index >= 15 is 0 Å². The lowest BCUT2D eigenvalue weighted by Crippen LogP contribution is -2.52. The van der Waals surface area contributed by atoms with Crippen LogP contribution in [0.3, 0.4) is 0 Å². The van der Waals surface area contributed by atoms with Crippen LogP contribution in [0.4, 0.5) is 5.69 Å². The van der Waals surface area contributed by atoms with Crippen molar-refractivity contribution in [3.63, 3.8) is 0 Å². The van der Waals surface area contributed by atoms with Gasteiger partial charge in [0, 0.05) is 11.3 Å².